The van der Waals surface area contributed by atoms with Gasteiger partial charge in [0.15, 0.2) is 0 Å². The van der Waals surface area contributed by atoms with Gasteiger partial charge in [-0.25, -0.2) is 0 Å². The molecule has 1 fully saturated rings. The number of hydrogen-bond donors (Lipinski definition) is 1. The lowest BCUT2D eigenvalue weighted by Gasteiger charge is -2.29. The number of unbranched alkanes of at least 4 members (excludes halogenated alkanes) is 2. The van der Waals surface area contributed by atoms with Gasteiger partial charge in [-0.1, -0.05) is 19.8 Å². The zero-order chi connectivity index (χ0) is 15.1. The third-order valence-corrected chi connectivity index (χ3v) is 4.23. The number of nitrogens with one attached hydrogen (secondary N) is 1. The van der Waals surface area contributed by atoms with E-state index < -0.39 is 0 Å². The minimum Gasteiger partial charge on any atom is -0.378 e. The molecule has 1 aliphatic heterocycles. The van der Waals surface area contributed by atoms with Gasteiger partial charge in [0.1, 0.15) is 0 Å². The lowest BCUT2D eigenvalue weighted by atomic mass is 10.2. The molecule has 0 saturated carbocycles. The summed E-state index contributed by atoms with van der Waals surface area (Å²) in [5.41, 5.74) is 2.00. The van der Waals surface area contributed by atoms with Gasteiger partial charge in [-0.3, -0.25) is 4.79 Å². The largest absolute Gasteiger partial charge is 0.378 e. The number of hydrogen-bond acceptors (Lipinski definition) is 3. The molecule has 1 saturated heterocycles. The van der Waals surface area contributed by atoms with E-state index in [1.165, 1.54) is 0 Å². The van der Waals surface area contributed by atoms with Gasteiger partial charge in [0, 0.05) is 29.7 Å². The first-order valence-electron chi connectivity index (χ1n) is 7.63. The Morgan fingerprint density at radius 3 is 2.76 bits per heavy atom. The van der Waals surface area contributed by atoms with Crippen molar-refractivity contribution in [3.63, 3.8) is 0 Å². The van der Waals surface area contributed by atoms with Crippen LogP contribution >= 0.6 is 15.9 Å². The summed E-state index contributed by atoms with van der Waals surface area (Å²) in [4.78, 5) is 14.1. The predicted octanol–water partition coefficient (Wildman–Crippen LogP) is 3.80. The van der Waals surface area contributed by atoms with E-state index in [9.17, 15) is 4.79 Å². The molecule has 4 nitrogen and oxygen atoms in total. The first-order valence-corrected chi connectivity index (χ1v) is 8.42. The molecular weight excluding hydrogens is 332 g/mol. The molecule has 0 aliphatic carbocycles. The minimum absolute atomic E-state index is 0.0921. The summed E-state index contributed by atoms with van der Waals surface area (Å²) >= 11 is 3.60. The number of anilines is 2. The number of morpholine rings is 1. The van der Waals surface area contributed by atoms with Gasteiger partial charge in [-0.15, -0.1) is 0 Å². The van der Waals surface area contributed by atoms with E-state index in [4.69, 9.17) is 4.74 Å². The lowest BCUT2D eigenvalue weighted by molar-refractivity contribution is -0.116. The molecule has 0 unspecified atom stereocenters. The van der Waals surface area contributed by atoms with E-state index in [-0.39, 0.29) is 5.91 Å². The van der Waals surface area contributed by atoms with E-state index >= 15 is 0 Å². The summed E-state index contributed by atoms with van der Waals surface area (Å²) in [6, 6.07) is 5.99. The van der Waals surface area contributed by atoms with Crippen molar-refractivity contribution in [3.8, 4) is 0 Å². The molecule has 1 aromatic carbocycles. The Bertz CT molecular complexity index is 473. The Morgan fingerprint density at radius 1 is 1.33 bits per heavy atom. The maximum absolute atomic E-state index is 11.8. The van der Waals surface area contributed by atoms with Crippen LogP contribution in [0, 0.1) is 0 Å². The quantitative estimate of drug-likeness (QED) is 0.789. The Balaban J connectivity index is 1.93. The zero-order valence-electron chi connectivity index (χ0n) is 12.5. The minimum atomic E-state index is 0.0921. The number of rotatable bonds is 6. The molecule has 1 heterocycles. The molecule has 1 aromatic rings. The standard InChI is InChI=1S/C16H23BrN2O2/c1-2-3-4-5-16(20)18-13-6-7-15(14(17)12-13)19-8-10-21-11-9-19/h6-7,12H,2-5,8-11H2,1H3,(H,18,20). The highest BCUT2D eigenvalue weighted by Gasteiger charge is 2.14. The van der Waals surface area contributed by atoms with Crippen molar-refractivity contribution < 1.29 is 9.53 Å². The van der Waals surface area contributed by atoms with Gasteiger partial charge >= 0.3 is 0 Å². The highest BCUT2D eigenvalue weighted by molar-refractivity contribution is 9.10. The molecule has 116 valence electrons. The summed E-state index contributed by atoms with van der Waals surface area (Å²) < 4.78 is 6.38. The van der Waals surface area contributed by atoms with Crippen molar-refractivity contribution in [2.75, 3.05) is 36.5 Å². The van der Waals surface area contributed by atoms with E-state index in [0.717, 1.165) is 61.4 Å². The Labute approximate surface area is 135 Å². The van der Waals surface area contributed by atoms with Crippen LogP contribution in [-0.4, -0.2) is 32.2 Å². The average molecular weight is 355 g/mol. The van der Waals surface area contributed by atoms with Crippen LogP contribution in [0.5, 0.6) is 0 Å². The predicted molar refractivity (Wildman–Crippen MR) is 89.9 cm³/mol. The van der Waals surface area contributed by atoms with Crippen LogP contribution in [0.3, 0.4) is 0 Å². The molecular formula is C16H23BrN2O2. The Kier molecular flexibility index (Phi) is 6.51. The number of ether oxygens (including phenoxy) is 1. The second-order valence-corrected chi connectivity index (χ2v) is 6.13. The van der Waals surface area contributed by atoms with Crippen molar-refractivity contribution in [1.29, 1.82) is 0 Å². The normalized spacial score (nSPS) is 15.0. The highest BCUT2D eigenvalue weighted by atomic mass is 79.9. The van der Waals surface area contributed by atoms with Crippen molar-refractivity contribution >= 4 is 33.2 Å². The molecule has 2 rings (SSSR count). The van der Waals surface area contributed by atoms with Gasteiger partial charge in [0.05, 0.1) is 18.9 Å². The second kappa shape index (κ2) is 8.39. The van der Waals surface area contributed by atoms with E-state index in [2.05, 4.69) is 39.1 Å². The molecule has 0 radical (unpaired) electrons. The smallest absolute Gasteiger partial charge is 0.224 e. The third-order valence-electron chi connectivity index (χ3n) is 3.59. The first-order chi connectivity index (χ1) is 10.2. The summed E-state index contributed by atoms with van der Waals surface area (Å²) in [7, 11) is 0. The Hall–Kier alpha value is -1.07. The molecule has 0 atom stereocenters. The number of amides is 1. The topological polar surface area (TPSA) is 41.6 Å². The summed E-state index contributed by atoms with van der Waals surface area (Å²) in [6.45, 7) is 5.48. The van der Waals surface area contributed by atoms with Crippen molar-refractivity contribution in [2.45, 2.75) is 32.6 Å². The highest BCUT2D eigenvalue weighted by Crippen LogP contribution is 2.29. The zero-order valence-corrected chi connectivity index (χ0v) is 14.1. The van der Waals surface area contributed by atoms with Gasteiger partial charge in [0.25, 0.3) is 0 Å². The van der Waals surface area contributed by atoms with Crippen LogP contribution < -0.4 is 10.2 Å². The van der Waals surface area contributed by atoms with E-state index in [1.807, 2.05) is 12.1 Å². The number of nitrogens with zero attached hydrogens (tertiary/aromatic N) is 1. The fraction of sp³-hybridized carbons (Fsp3) is 0.562. The Morgan fingerprint density at radius 2 is 2.10 bits per heavy atom. The van der Waals surface area contributed by atoms with Gasteiger partial charge in [-0.05, 0) is 40.5 Å². The van der Waals surface area contributed by atoms with Crippen LogP contribution in [-0.2, 0) is 9.53 Å². The third kappa shape index (κ3) is 5.00. The number of benzene rings is 1. The monoisotopic (exact) mass is 354 g/mol. The van der Waals surface area contributed by atoms with Crippen LogP contribution in [0.15, 0.2) is 22.7 Å². The number of carbonyl (C=O) groups is 1. The van der Waals surface area contributed by atoms with Gasteiger partial charge < -0.3 is 15.0 Å². The summed E-state index contributed by atoms with van der Waals surface area (Å²) in [6.07, 6.45) is 3.78. The molecule has 5 heteroatoms. The molecule has 0 spiro atoms. The second-order valence-electron chi connectivity index (χ2n) is 5.27. The number of carbonyl (C=O) groups excluding carboxylic acids is 1. The van der Waals surface area contributed by atoms with Crippen molar-refractivity contribution in [2.24, 2.45) is 0 Å². The fourth-order valence-corrected chi connectivity index (χ4v) is 3.03. The van der Waals surface area contributed by atoms with Crippen LogP contribution in [0.2, 0.25) is 0 Å². The average Bonchev–Trinajstić information content (AvgIpc) is 2.48. The summed E-state index contributed by atoms with van der Waals surface area (Å²) in [5.74, 6) is 0.0921. The van der Waals surface area contributed by atoms with Crippen LogP contribution in [0.4, 0.5) is 11.4 Å². The molecule has 1 aliphatic rings. The first kappa shape index (κ1) is 16.3. The van der Waals surface area contributed by atoms with E-state index in [0.29, 0.717) is 6.42 Å². The van der Waals surface area contributed by atoms with Crippen molar-refractivity contribution in [3.05, 3.63) is 22.7 Å². The number of halogens is 1. The maximum atomic E-state index is 11.8. The molecule has 0 bridgehead atoms. The lowest BCUT2D eigenvalue weighted by Crippen LogP contribution is -2.36. The van der Waals surface area contributed by atoms with Gasteiger partial charge in [-0.2, -0.15) is 0 Å². The fourth-order valence-electron chi connectivity index (χ4n) is 2.40. The maximum Gasteiger partial charge on any atom is 0.224 e. The van der Waals surface area contributed by atoms with Crippen molar-refractivity contribution in [1.82, 2.24) is 0 Å². The summed E-state index contributed by atoms with van der Waals surface area (Å²) in [5, 5.41) is 2.96. The molecule has 21 heavy (non-hydrogen) atoms. The molecule has 0 aromatic heterocycles. The molecule has 1 amide bonds. The molecule has 1 N–H and O–H groups in total. The van der Waals surface area contributed by atoms with Crippen LogP contribution in [0.1, 0.15) is 32.6 Å². The van der Waals surface area contributed by atoms with Crippen LogP contribution in [0.25, 0.3) is 0 Å². The van der Waals surface area contributed by atoms with E-state index in [1.54, 1.807) is 0 Å². The van der Waals surface area contributed by atoms with Gasteiger partial charge in [0.2, 0.25) is 5.91 Å². The SMILES string of the molecule is CCCCCC(=O)Nc1ccc(N2CCOCC2)c(Br)c1.